The van der Waals surface area contributed by atoms with Gasteiger partial charge >= 0.3 is 0 Å². The number of hydrazine groups is 1. The largest absolute Gasteiger partial charge is 0.506 e. The molecule has 0 radical (unpaired) electrons. The number of hydrogen-bond acceptors (Lipinski definition) is 3. The summed E-state index contributed by atoms with van der Waals surface area (Å²) in [5.41, 5.74) is 3.10. The molecule has 0 bridgehead atoms. The molecule has 0 aromatic heterocycles. The molecule has 1 aromatic carbocycles. The van der Waals surface area contributed by atoms with Crippen LogP contribution in [0.25, 0.3) is 0 Å². The lowest BCUT2D eigenvalue weighted by Crippen LogP contribution is -2.20. The van der Waals surface area contributed by atoms with E-state index in [0.717, 1.165) is 0 Å². The number of phenols is 1. The quantitative estimate of drug-likeness (QED) is 0.555. The molecular weight excluding hydrogens is 243 g/mol. The Kier molecular flexibility index (Phi) is 3.34. The summed E-state index contributed by atoms with van der Waals surface area (Å²) in [6.45, 7) is 0.380. The Bertz CT molecular complexity index is 293. The predicted molar refractivity (Wildman–Crippen MR) is 51.8 cm³/mol. The molecule has 0 heterocycles. The smallest absolute Gasteiger partial charge is 0.134 e. The molecule has 0 amide bonds. The fourth-order valence-electron chi connectivity index (χ4n) is 0.864. The Balaban J connectivity index is 3.09. The second kappa shape index (κ2) is 4.09. The van der Waals surface area contributed by atoms with Crippen LogP contribution in [0.3, 0.4) is 0 Å². The lowest BCUT2D eigenvalue weighted by atomic mass is 10.2. The van der Waals surface area contributed by atoms with Crippen molar-refractivity contribution >= 4 is 27.5 Å². The van der Waals surface area contributed by atoms with E-state index in [4.69, 9.17) is 17.4 Å². The molecule has 12 heavy (non-hydrogen) atoms. The maximum atomic E-state index is 9.45. The van der Waals surface area contributed by atoms with E-state index in [0.29, 0.717) is 21.6 Å². The summed E-state index contributed by atoms with van der Waals surface area (Å²) in [5, 5.41) is 10.0. The molecule has 1 aromatic rings. The molecule has 0 aliphatic heterocycles. The first-order valence-corrected chi connectivity index (χ1v) is 4.42. The highest BCUT2D eigenvalue weighted by Crippen LogP contribution is 2.31. The van der Waals surface area contributed by atoms with Crippen molar-refractivity contribution in [3.8, 4) is 5.75 Å². The van der Waals surface area contributed by atoms with Crippen LogP contribution in [0.5, 0.6) is 5.75 Å². The number of phenolic OH excluding ortho intramolecular Hbond substituents is 1. The number of aromatic hydroxyl groups is 1. The summed E-state index contributed by atoms with van der Waals surface area (Å²) < 4.78 is 0.570. The summed E-state index contributed by atoms with van der Waals surface area (Å²) >= 11 is 8.91. The van der Waals surface area contributed by atoms with E-state index in [-0.39, 0.29) is 5.75 Å². The first-order chi connectivity index (χ1) is 5.65. The van der Waals surface area contributed by atoms with Crippen molar-refractivity contribution in [1.82, 2.24) is 5.43 Å². The van der Waals surface area contributed by atoms with Crippen molar-refractivity contribution in [1.29, 1.82) is 0 Å². The van der Waals surface area contributed by atoms with Crippen molar-refractivity contribution in [2.24, 2.45) is 5.84 Å². The van der Waals surface area contributed by atoms with Crippen LogP contribution in [0.2, 0.25) is 5.02 Å². The van der Waals surface area contributed by atoms with Gasteiger partial charge < -0.3 is 5.11 Å². The number of nitrogens with one attached hydrogen (secondary N) is 1. The van der Waals surface area contributed by atoms with Gasteiger partial charge in [-0.25, -0.2) is 0 Å². The maximum absolute atomic E-state index is 9.45. The van der Waals surface area contributed by atoms with Crippen LogP contribution in [0.4, 0.5) is 0 Å². The first kappa shape index (κ1) is 9.80. The second-order valence-corrected chi connectivity index (χ2v) is 3.57. The highest BCUT2D eigenvalue weighted by atomic mass is 79.9. The maximum Gasteiger partial charge on any atom is 0.134 e. The van der Waals surface area contributed by atoms with Crippen LogP contribution >= 0.6 is 27.5 Å². The Morgan fingerprint density at radius 1 is 1.58 bits per heavy atom. The third kappa shape index (κ3) is 2.10. The van der Waals surface area contributed by atoms with Crippen LogP contribution in [0, 0.1) is 0 Å². The SMILES string of the molecule is NNCc1cc(Cl)cc(Br)c1O. The van der Waals surface area contributed by atoms with Crippen molar-refractivity contribution in [3.63, 3.8) is 0 Å². The number of nitrogens with two attached hydrogens (primary N) is 1. The van der Waals surface area contributed by atoms with Gasteiger partial charge in [-0.15, -0.1) is 0 Å². The fourth-order valence-corrected chi connectivity index (χ4v) is 1.74. The average molecular weight is 252 g/mol. The van der Waals surface area contributed by atoms with Gasteiger partial charge in [0.05, 0.1) is 4.47 Å². The Morgan fingerprint density at radius 3 is 2.83 bits per heavy atom. The van der Waals surface area contributed by atoms with Gasteiger partial charge in [0, 0.05) is 17.1 Å². The van der Waals surface area contributed by atoms with Crippen molar-refractivity contribution < 1.29 is 5.11 Å². The van der Waals surface area contributed by atoms with E-state index < -0.39 is 0 Å². The van der Waals surface area contributed by atoms with Crippen LogP contribution in [-0.2, 0) is 6.54 Å². The molecule has 0 aliphatic carbocycles. The summed E-state index contributed by atoms with van der Waals surface area (Å²) in [6.07, 6.45) is 0. The van der Waals surface area contributed by atoms with Crippen LogP contribution in [-0.4, -0.2) is 5.11 Å². The van der Waals surface area contributed by atoms with E-state index in [1.54, 1.807) is 12.1 Å². The van der Waals surface area contributed by atoms with Crippen molar-refractivity contribution in [2.45, 2.75) is 6.54 Å². The predicted octanol–water partition coefficient (Wildman–Crippen LogP) is 1.77. The zero-order chi connectivity index (χ0) is 9.14. The lowest BCUT2D eigenvalue weighted by Gasteiger charge is -2.05. The third-order valence-corrected chi connectivity index (χ3v) is 2.22. The van der Waals surface area contributed by atoms with Gasteiger partial charge in [-0.1, -0.05) is 11.6 Å². The molecule has 4 N–H and O–H groups in total. The number of hydrogen-bond donors (Lipinski definition) is 3. The van der Waals surface area contributed by atoms with E-state index in [2.05, 4.69) is 21.4 Å². The van der Waals surface area contributed by atoms with Gasteiger partial charge in [0.25, 0.3) is 0 Å². The second-order valence-electron chi connectivity index (χ2n) is 2.28. The molecule has 5 heteroatoms. The fraction of sp³-hybridized carbons (Fsp3) is 0.143. The molecular formula is C7H8BrClN2O. The molecule has 0 saturated heterocycles. The number of rotatable bonds is 2. The van der Waals surface area contributed by atoms with E-state index in [1.807, 2.05) is 0 Å². The number of benzene rings is 1. The van der Waals surface area contributed by atoms with Crippen molar-refractivity contribution in [3.05, 3.63) is 27.2 Å². The van der Waals surface area contributed by atoms with Gasteiger partial charge in [0.1, 0.15) is 5.75 Å². The molecule has 66 valence electrons. The van der Waals surface area contributed by atoms with Crippen LogP contribution in [0.1, 0.15) is 5.56 Å². The molecule has 1 rings (SSSR count). The molecule has 0 spiro atoms. The van der Waals surface area contributed by atoms with E-state index in [1.165, 1.54) is 0 Å². The lowest BCUT2D eigenvalue weighted by molar-refractivity contribution is 0.461. The minimum Gasteiger partial charge on any atom is -0.506 e. The van der Waals surface area contributed by atoms with Gasteiger partial charge in [-0.3, -0.25) is 11.3 Å². The molecule has 0 atom stereocenters. The van der Waals surface area contributed by atoms with Gasteiger partial charge in [0.15, 0.2) is 0 Å². The van der Waals surface area contributed by atoms with Gasteiger partial charge in [-0.05, 0) is 28.1 Å². The summed E-state index contributed by atoms with van der Waals surface area (Å²) in [7, 11) is 0. The van der Waals surface area contributed by atoms with Crippen LogP contribution in [0.15, 0.2) is 16.6 Å². The monoisotopic (exact) mass is 250 g/mol. The van der Waals surface area contributed by atoms with Gasteiger partial charge in [-0.2, -0.15) is 0 Å². The standard InChI is InChI=1S/C7H8BrClN2O/c8-6-2-5(9)1-4(3-11-10)7(6)12/h1-2,11-12H,3,10H2. The van der Waals surface area contributed by atoms with E-state index >= 15 is 0 Å². The normalized spacial score (nSPS) is 10.2. The summed E-state index contributed by atoms with van der Waals surface area (Å²) in [6, 6.07) is 3.28. The Labute approximate surface area is 83.6 Å². The Hall–Kier alpha value is -0.290. The zero-order valence-electron chi connectivity index (χ0n) is 6.14. The molecule has 3 nitrogen and oxygen atoms in total. The topological polar surface area (TPSA) is 58.3 Å². The van der Waals surface area contributed by atoms with Crippen LogP contribution < -0.4 is 11.3 Å². The highest BCUT2D eigenvalue weighted by Gasteiger charge is 2.05. The van der Waals surface area contributed by atoms with Gasteiger partial charge in [0.2, 0.25) is 0 Å². The minimum atomic E-state index is 0.164. The number of halogens is 2. The summed E-state index contributed by atoms with van der Waals surface area (Å²) in [5.74, 6) is 5.27. The van der Waals surface area contributed by atoms with Crippen molar-refractivity contribution in [2.75, 3.05) is 0 Å². The third-order valence-electron chi connectivity index (χ3n) is 1.40. The molecule has 0 saturated carbocycles. The highest BCUT2D eigenvalue weighted by molar-refractivity contribution is 9.10. The van der Waals surface area contributed by atoms with E-state index in [9.17, 15) is 5.11 Å². The molecule has 0 fully saturated rings. The molecule has 0 aliphatic rings. The first-order valence-electron chi connectivity index (χ1n) is 3.25. The molecule has 0 unspecified atom stereocenters. The Morgan fingerprint density at radius 2 is 2.25 bits per heavy atom. The average Bonchev–Trinajstić information content (AvgIpc) is 2.00. The zero-order valence-corrected chi connectivity index (χ0v) is 8.48. The summed E-state index contributed by atoms with van der Waals surface area (Å²) in [4.78, 5) is 0. The minimum absolute atomic E-state index is 0.164.